The van der Waals surface area contributed by atoms with Gasteiger partial charge in [0.2, 0.25) is 0 Å². The fourth-order valence-corrected chi connectivity index (χ4v) is 3.22. The third-order valence-corrected chi connectivity index (χ3v) is 4.50. The van der Waals surface area contributed by atoms with Crippen molar-refractivity contribution in [3.63, 3.8) is 0 Å². The van der Waals surface area contributed by atoms with E-state index < -0.39 is 11.6 Å². The van der Waals surface area contributed by atoms with Crippen LogP contribution in [0.15, 0.2) is 53.7 Å². The lowest BCUT2D eigenvalue weighted by molar-refractivity contribution is 0.575. The Bertz CT molecular complexity index is 903. The van der Waals surface area contributed by atoms with E-state index in [0.29, 0.717) is 29.6 Å². The largest absolute Gasteiger partial charge is 0.267 e. The lowest BCUT2D eigenvalue weighted by atomic mass is 10.2. The maximum atomic E-state index is 14.4. The molecule has 0 saturated heterocycles. The smallest absolute Gasteiger partial charge is 0.196 e. The van der Waals surface area contributed by atoms with Crippen LogP contribution in [0.2, 0.25) is 0 Å². The van der Waals surface area contributed by atoms with Crippen LogP contribution < -0.4 is 0 Å². The third kappa shape index (κ3) is 3.86. The highest BCUT2D eigenvalue weighted by Crippen LogP contribution is 2.29. The Morgan fingerprint density at radius 3 is 2.60 bits per heavy atom. The maximum absolute atomic E-state index is 14.4. The molecule has 4 nitrogen and oxygen atoms in total. The average Bonchev–Trinajstić information content (AvgIpc) is 3.03. The maximum Gasteiger partial charge on any atom is 0.196 e. The molecule has 0 atom stereocenters. The van der Waals surface area contributed by atoms with Crippen molar-refractivity contribution in [1.29, 1.82) is 5.26 Å². The molecule has 0 radical (unpaired) electrons. The molecule has 0 unspecified atom stereocenters. The van der Waals surface area contributed by atoms with Gasteiger partial charge in [-0.3, -0.25) is 4.57 Å². The number of aromatic nitrogens is 3. The van der Waals surface area contributed by atoms with Crippen LogP contribution in [-0.2, 0) is 0 Å². The summed E-state index contributed by atoms with van der Waals surface area (Å²) in [6.45, 7) is 0. The van der Waals surface area contributed by atoms with Gasteiger partial charge in [-0.2, -0.15) is 5.26 Å². The number of nitriles is 1. The molecular weight excluding hydrogens is 342 g/mol. The second kappa shape index (κ2) is 7.90. The molecule has 0 aliphatic heterocycles. The molecule has 0 spiro atoms. The molecule has 0 saturated carbocycles. The third-order valence-electron chi connectivity index (χ3n) is 3.48. The van der Waals surface area contributed by atoms with E-state index in [2.05, 4.69) is 16.3 Å². The summed E-state index contributed by atoms with van der Waals surface area (Å²) >= 11 is 1.39. The molecule has 1 aromatic heterocycles. The summed E-state index contributed by atoms with van der Waals surface area (Å²) in [5.74, 6) is -0.188. The minimum atomic E-state index is -0.684. The Hall–Kier alpha value is -2.72. The number of unbranched alkanes of at least 4 members (excludes halogenated alkanes) is 1. The second-order valence-corrected chi connectivity index (χ2v) is 6.28. The summed E-state index contributed by atoms with van der Waals surface area (Å²) < 4.78 is 29.2. The van der Waals surface area contributed by atoms with E-state index in [1.54, 1.807) is 4.57 Å². The van der Waals surface area contributed by atoms with Crippen LogP contribution in [0.4, 0.5) is 8.78 Å². The molecule has 1 heterocycles. The Balaban J connectivity index is 2.05. The lowest BCUT2D eigenvalue weighted by Crippen LogP contribution is -2.03. The second-order valence-electron chi connectivity index (χ2n) is 5.21. The molecule has 25 heavy (non-hydrogen) atoms. The molecule has 126 valence electrons. The number of hydrogen-bond acceptors (Lipinski definition) is 4. The lowest BCUT2D eigenvalue weighted by Gasteiger charge is -2.11. The molecular formula is C18H14F2N4S. The number of hydrogen-bond donors (Lipinski definition) is 0. The molecule has 0 aliphatic carbocycles. The van der Waals surface area contributed by atoms with Gasteiger partial charge in [0.05, 0.1) is 11.8 Å². The van der Waals surface area contributed by atoms with Crippen LogP contribution in [-0.4, -0.2) is 20.5 Å². The van der Waals surface area contributed by atoms with Gasteiger partial charge >= 0.3 is 0 Å². The number of thioether (sulfide) groups is 1. The monoisotopic (exact) mass is 356 g/mol. The van der Waals surface area contributed by atoms with E-state index in [1.807, 2.05) is 30.3 Å². The molecule has 0 N–H and O–H groups in total. The van der Waals surface area contributed by atoms with Crippen molar-refractivity contribution >= 4 is 11.8 Å². The van der Waals surface area contributed by atoms with Crippen LogP contribution >= 0.6 is 11.8 Å². The van der Waals surface area contributed by atoms with Gasteiger partial charge in [0.15, 0.2) is 11.0 Å². The summed E-state index contributed by atoms with van der Waals surface area (Å²) in [6, 6.07) is 14.8. The van der Waals surface area contributed by atoms with Gasteiger partial charge < -0.3 is 0 Å². The highest BCUT2D eigenvalue weighted by molar-refractivity contribution is 7.99. The molecule has 0 bridgehead atoms. The number of benzene rings is 2. The van der Waals surface area contributed by atoms with Crippen molar-refractivity contribution in [2.24, 2.45) is 0 Å². The van der Waals surface area contributed by atoms with Crippen LogP contribution in [0.25, 0.3) is 17.1 Å². The topological polar surface area (TPSA) is 54.5 Å². The van der Waals surface area contributed by atoms with Gasteiger partial charge in [-0.1, -0.05) is 42.1 Å². The molecule has 0 amide bonds. The summed E-state index contributed by atoms with van der Waals surface area (Å²) in [5.41, 5.74) is 0.968. The Morgan fingerprint density at radius 2 is 1.88 bits per heavy atom. The Labute approximate surface area is 148 Å². The van der Waals surface area contributed by atoms with Gasteiger partial charge in [-0.05, 0) is 18.6 Å². The van der Waals surface area contributed by atoms with E-state index >= 15 is 0 Å². The van der Waals surface area contributed by atoms with Crippen molar-refractivity contribution in [2.45, 2.75) is 18.0 Å². The SMILES string of the molecule is N#CCCCSc1nnc(-c2ccccc2)n1-c1ccc(F)cc1F. The fourth-order valence-electron chi connectivity index (χ4n) is 2.33. The Morgan fingerprint density at radius 1 is 1.08 bits per heavy atom. The predicted octanol–water partition coefficient (Wildman–Crippen LogP) is 4.61. The quantitative estimate of drug-likeness (QED) is 0.478. The van der Waals surface area contributed by atoms with E-state index in [-0.39, 0.29) is 5.69 Å². The first-order valence-corrected chi connectivity index (χ1v) is 8.65. The fraction of sp³-hybridized carbons (Fsp3) is 0.167. The first-order valence-electron chi connectivity index (χ1n) is 7.66. The molecule has 3 rings (SSSR count). The summed E-state index contributed by atoms with van der Waals surface area (Å²) in [6.07, 6.45) is 1.14. The zero-order valence-electron chi connectivity index (χ0n) is 13.2. The molecule has 3 aromatic rings. The summed E-state index contributed by atoms with van der Waals surface area (Å²) in [5, 5.41) is 17.5. The van der Waals surface area contributed by atoms with Gasteiger partial charge in [0, 0.05) is 23.8 Å². The predicted molar refractivity (Wildman–Crippen MR) is 92.3 cm³/mol. The molecule has 7 heteroatoms. The summed E-state index contributed by atoms with van der Waals surface area (Å²) in [4.78, 5) is 0. The average molecular weight is 356 g/mol. The zero-order chi connectivity index (χ0) is 17.6. The van der Waals surface area contributed by atoms with Gasteiger partial charge in [0.25, 0.3) is 0 Å². The van der Waals surface area contributed by atoms with Crippen LogP contribution in [0.1, 0.15) is 12.8 Å². The van der Waals surface area contributed by atoms with Crippen molar-refractivity contribution < 1.29 is 8.78 Å². The van der Waals surface area contributed by atoms with Crippen LogP contribution in [0.5, 0.6) is 0 Å². The van der Waals surface area contributed by atoms with Crippen LogP contribution in [0, 0.1) is 23.0 Å². The molecule has 0 aliphatic rings. The van der Waals surface area contributed by atoms with Crippen molar-refractivity contribution in [1.82, 2.24) is 14.8 Å². The van der Waals surface area contributed by atoms with Gasteiger partial charge in [-0.15, -0.1) is 10.2 Å². The van der Waals surface area contributed by atoms with Crippen molar-refractivity contribution in [2.75, 3.05) is 5.75 Å². The van der Waals surface area contributed by atoms with Gasteiger partial charge in [0.1, 0.15) is 11.6 Å². The summed E-state index contributed by atoms with van der Waals surface area (Å²) in [7, 11) is 0. The van der Waals surface area contributed by atoms with E-state index in [0.717, 1.165) is 11.6 Å². The van der Waals surface area contributed by atoms with Gasteiger partial charge in [-0.25, -0.2) is 8.78 Å². The minimum Gasteiger partial charge on any atom is -0.267 e. The Kier molecular flexibility index (Phi) is 5.41. The minimum absolute atomic E-state index is 0.188. The van der Waals surface area contributed by atoms with E-state index in [9.17, 15) is 8.78 Å². The van der Waals surface area contributed by atoms with Crippen LogP contribution in [0.3, 0.4) is 0 Å². The standard InChI is InChI=1S/C18H14F2N4S/c19-14-8-9-16(15(20)12-14)24-17(13-6-2-1-3-7-13)22-23-18(24)25-11-5-4-10-21/h1-3,6-9,12H,4-5,11H2. The first-order chi connectivity index (χ1) is 12.2. The van der Waals surface area contributed by atoms with Crippen molar-refractivity contribution in [3.8, 4) is 23.1 Å². The normalized spacial score (nSPS) is 10.6. The van der Waals surface area contributed by atoms with Crippen molar-refractivity contribution in [3.05, 3.63) is 60.2 Å². The van der Waals surface area contributed by atoms with E-state index in [1.165, 1.54) is 23.9 Å². The molecule has 0 fully saturated rings. The highest BCUT2D eigenvalue weighted by Gasteiger charge is 2.18. The number of rotatable bonds is 6. The number of nitrogens with zero attached hydrogens (tertiary/aromatic N) is 4. The van der Waals surface area contributed by atoms with E-state index in [4.69, 9.17) is 5.26 Å². The first kappa shape index (κ1) is 17.1. The zero-order valence-corrected chi connectivity index (χ0v) is 14.0. The molecule has 2 aromatic carbocycles. The highest BCUT2D eigenvalue weighted by atomic mass is 32.2. The number of halogens is 2.